The molecule has 2 N–H and O–H groups in total. The average molecular weight is 332 g/mol. The summed E-state index contributed by atoms with van der Waals surface area (Å²) in [6.45, 7) is 12.7. The Labute approximate surface area is 146 Å². The lowest BCUT2D eigenvalue weighted by Gasteiger charge is -2.43. The molecule has 0 aromatic heterocycles. The van der Waals surface area contributed by atoms with E-state index in [1.54, 1.807) is 7.11 Å². The van der Waals surface area contributed by atoms with Gasteiger partial charge in [0.15, 0.2) is 0 Å². The highest BCUT2D eigenvalue weighted by atomic mass is 16.5. The molecule has 0 saturated carbocycles. The molecule has 5 heteroatoms. The van der Waals surface area contributed by atoms with E-state index in [0.717, 1.165) is 30.6 Å². The molecule has 0 spiro atoms. The molecule has 2 fully saturated rings. The highest BCUT2D eigenvalue weighted by molar-refractivity contribution is 5.66. The highest BCUT2D eigenvalue weighted by Crippen LogP contribution is 2.33. The zero-order valence-electron chi connectivity index (χ0n) is 15.4. The second kappa shape index (κ2) is 7.62. The number of nitrogens with two attached hydrogens (primary N) is 1. The summed E-state index contributed by atoms with van der Waals surface area (Å²) in [7, 11) is 1.69. The van der Waals surface area contributed by atoms with Crippen molar-refractivity contribution in [3.05, 3.63) is 17.7 Å². The first kappa shape index (κ1) is 17.4. The fourth-order valence-electron chi connectivity index (χ4n) is 4.13. The van der Waals surface area contributed by atoms with E-state index in [4.69, 9.17) is 10.5 Å². The second-order valence-electron chi connectivity index (χ2n) is 7.07. The zero-order valence-corrected chi connectivity index (χ0v) is 15.4. The molecule has 0 radical (unpaired) electrons. The molecule has 2 aliphatic heterocycles. The van der Waals surface area contributed by atoms with Gasteiger partial charge in [0.05, 0.1) is 12.8 Å². The summed E-state index contributed by atoms with van der Waals surface area (Å²) in [5, 5.41) is 0. The Morgan fingerprint density at radius 1 is 1.08 bits per heavy atom. The molecule has 1 aromatic carbocycles. The van der Waals surface area contributed by atoms with Gasteiger partial charge in [0.1, 0.15) is 5.75 Å². The quantitative estimate of drug-likeness (QED) is 0.857. The van der Waals surface area contributed by atoms with Crippen molar-refractivity contribution in [2.75, 3.05) is 63.6 Å². The third kappa shape index (κ3) is 3.62. The number of piperazine rings is 1. The molecular formula is C19H32N4O. The van der Waals surface area contributed by atoms with Crippen LogP contribution < -0.4 is 15.4 Å². The van der Waals surface area contributed by atoms with Crippen LogP contribution in [0.4, 0.5) is 11.4 Å². The molecule has 0 unspecified atom stereocenters. The topological polar surface area (TPSA) is 45.0 Å². The van der Waals surface area contributed by atoms with Crippen molar-refractivity contribution in [2.45, 2.75) is 32.7 Å². The first-order chi connectivity index (χ1) is 11.6. The number of ether oxygens (including phenoxy) is 1. The monoisotopic (exact) mass is 332 g/mol. The summed E-state index contributed by atoms with van der Waals surface area (Å²) in [6.07, 6.45) is 2.50. The Kier molecular flexibility index (Phi) is 5.51. The molecule has 1 aromatic rings. The van der Waals surface area contributed by atoms with E-state index in [-0.39, 0.29) is 0 Å². The lowest BCUT2D eigenvalue weighted by atomic mass is 10.0. The lowest BCUT2D eigenvalue weighted by Crippen LogP contribution is -2.53. The summed E-state index contributed by atoms with van der Waals surface area (Å²) in [6, 6.07) is 4.88. The van der Waals surface area contributed by atoms with Gasteiger partial charge in [-0.05, 0) is 37.9 Å². The van der Waals surface area contributed by atoms with E-state index in [1.165, 1.54) is 56.8 Å². The fraction of sp³-hybridized carbons (Fsp3) is 0.684. The van der Waals surface area contributed by atoms with Gasteiger partial charge in [0, 0.05) is 57.1 Å². The maximum atomic E-state index is 6.02. The minimum atomic E-state index is 0.724. The predicted molar refractivity (Wildman–Crippen MR) is 101 cm³/mol. The molecule has 3 rings (SSSR count). The Hall–Kier alpha value is -1.46. The number of nitrogens with zero attached hydrogens (tertiary/aromatic N) is 3. The summed E-state index contributed by atoms with van der Waals surface area (Å²) >= 11 is 0. The molecule has 24 heavy (non-hydrogen) atoms. The van der Waals surface area contributed by atoms with E-state index >= 15 is 0 Å². The normalized spacial score (nSPS) is 21.2. The van der Waals surface area contributed by atoms with Crippen LogP contribution in [-0.2, 0) is 0 Å². The highest BCUT2D eigenvalue weighted by Gasteiger charge is 2.27. The minimum absolute atomic E-state index is 0.724. The summed E-state index contributed by atoms with van der Waals surface area (Å²) < 4.78 is 5.40. The van der Waals surface area contributed by atoms with Crippen LogP contribution >= 0.6 is 0 Å². The second-order valence-corrected chi connectivity index (χ2v) is 7.07. The number of aryl methyl sites for hydroxylation is 1. The molecule has 0 aliphatic carbocycles. The van der Waals surface area contributed by atoms with Crippen molar-refractivity contribution >= 4 is 11.4 Å². The van der Waals surface area contributed by atoms with Gasteiger partial charge in [-0.1, -0.05) is 6.92 Å². The van der Waals surface area contributed by atoms with Crippen LogP contribution in [0.2, 0.25) is 0 Å². The molecule has 2 heterocycles. The predicted octanol–water partition coefficient (Wildman–Crippen LogP) is 2.19. The molecular weight excluding hydrogens is 300 g/mol. The van der Waals surface area contributed by atoms with Gasteiger partial charge in [-0.2, -0.15) is 0 Å². The Morgan fingerprint density at radius 3 is 2.33 bits per heavy atom. The standard InChI is InChI=1S/C19H32N4O/c1-4-21-9-11-22(12-10-21)16-5-7-23(8-6-16)18-14-19(24-3)17(20)13-15(18)2/h13-14,16H,4-12,20H2,1-3H3. The third-order valence-corrected chi connectivity index (χ3v) is 5.72. The van der Waals surface area contributed by atoms with Gasteiger partial charge in [0.2, 0.25) is 0 Å². The van der Waals surface area contributed by atoms with Gasteiger partial charge in [0.25, 0.3) is 0 Å². The number of benzene rings is 1. The van der Waals surface area contributed by atoms with Crippen LogP contribution in [0.3, 0.4) is 0 Å². The summed E-state index contributed by atoms with van der Waals surface area (Å²) in [4.78, 5) is 7.76. The van der Waals surface area contributed by atoms with E-state index in [9.17, 15) is 0 Å². The van der Waals surface area contributed by atoms with Crippen molar-refractivity contribution in [3.8, 4) is 5.75 Å². The van der Waals surface area contributed by atoms with Crippen LogP contribution in [-0.4, -0.2) is 68.8 Å². The van der Waals surface area contributed by atoms with Crippen LogP contribution in [0, 0.1) is 6.92 Å². The smallest absolute Gasteiger partial charge is 0.143 e. The molecule has 0 atom stereocenters. The largest absolute Gasteiger partial charge is 0.495 e. The number of methoxy groups -OCH3 is 1. The summed E-state index contributed by atoms with van der Waals surface area (Å²) in [5.74, 6) is 0.786. The fourth-order valence-corrected chi connectivity index (χ4v) is 4.13. The van der Waals surface area contributed by atoms with Crippen LogP contribution in [0.1, 0.15) is 25.3 Å². The average Bonchev–Trinajstić information content (AvgIpc) is 2.62. The van der Waals surface area contributed by atoms with Crippen molar-refractivity contribution < 1.29 is 4.74 Å². The molecule has 0 bridgehead atoms. The Morgan fingerprint density at radius 2 is 1.75 bits per heavy atom. The SMILES string of the molecule is CCN1CCN(C2CCN(c3cc(OC)c(N)cc3C)CC2)CC1. The zero-order chi connectivity index (χ0) is 17.1. The lowest BCUT2D eigenvalue weighted by molar-refractivity contribution is 0.0878. The summed E-state index contributed by atoms with van der Waals surface area (Å²) in [5.41, 5.74) is 9.26. The number of piperidine rings is 1. The van der Waals surface area contributed by atoms with E-state index in [2.05, 4.69) is 34.6 Å². The van der Waals surface area contributed by atoms with E-state index in [1.807, 2.05) is 6.07 Å². The maximum absolute atomic E-state index is 6.02. The maximum Gasteiger partial charge on any atom is 0.143 e. The molecule has 0 amide bonds. The van der Waals surface area contributed by atoms with Crippen LogP contribution in [0.5, 0.6) is 5.75 Å². The van der Waals surface area contributed by atoms with Crippen molar-refractivity contribution in [3.63, 3.8) is 0 Å². The van der Waals surface area contributed by atoms with Crippen LogP contribution in [0.15, 0.2) is 12.1 Å². The van der Waals surface area contributed by atoms with Gasteiger partial charge >= 0.3 is 0 Å². The number of rotatable bonds is 4. The Balaban J connectivity index is 1.59. The number of anilines is 2. The van der Waals surface area contributed by atoms with Gasteiger partial charge in [-0.25, -0.2) is 0 Å². The third-order valence-electron chi connectivity index (χ3n) is 5.72. The van der Waals surface area contributed by atoms with Gasteiger partial charge < -0.3 is 20.3 Å². The molecule has 5 nitrogen and oxygen atoms in total. The number of likely N-dealkylation sites (N-methyl/N-ethyl adjacent to an activating group) is 1. The molecule has 2 saturated heterocycles. The Bertz CT molecular complexity index is 547. The molecule has 134 valence electrons. The number of hydrogen-bond acceptors (Lipinski definition) is 5. The van der Waals surface area contributed by atoms with Gasteiger partial charge in [-0.15, -0.1) is 0 Å². The molecule has 2 aliphatic rings. The number of nitrogen functional groups attached to an aromatic ring is 1. The van der Waals surface area contributed by atoms with Crippen molar-refractivity contribution in [2.24, 2.45) is 0 Å². The minimum Gasteiger partial charge on any atom is -0.495 e. The first-order valence-electron chi connectivity index (χ1n) is 9.27. The van der Waals surface area contributed by atoms with Crippen molar-refractivity contribution in [1.29, 1.82) is 0 Å². The van der Waals surface area contributed by atoms with Crippen molar-refractivity contribution in [1.82, 2.24) is 9.80 Å². The van der Waals surface area contributed by atoms with Gasteiger partial charge in [-0.3, -0.25) is 4.90 Å². The van der Waals surface area contributed by atoms with Crippen LogP contribution in [0.25, 0.3) is 0 Å². The van der Waals surface area contributed by atoms with E-state index < -0.39 is 0 Å². The number of hydrogen-bond donors (Lipinski definition) is 1. The van der Waals surface area contributed by atoms with E-state index in [0.29, 0.717) is 0 Å². The first-order valence-corrected chi connectivity index (χ1v) is 9.27.